The maximum Gasteiger partial charge on any atom is 0.331 e. The molecule has 1 aromatic heterocycles. The molecule has 0 saturated heterocycles. The summed E-state index contributed by atoms with van der Waals surface area (Å²) >= 11 is 3.38. The van der Waals surface area contributed by atoms with Gasteiger partial charge in [-0.15, -0.1) is 0 Å². The van der Waals surface area contributed by atoms with E-state index in [1.165, 1.54) is 15.3 Å². The topological polar surface area (TPSA) is 47.2 Å². The Kier molecular flexibility index (Phi) is 4.14. The molecule has 102 valence electrons. The highest BCUT2D eigenvalue weighted by molar-refractivity contribution is 9.10. The fraction of sp³-hybridized carbons (Fsp3) is 0.357. The second kappa shape index (κ2) is 5.65. The van der Waals surface area contributed by atoms with Crippen molar-refractivity contribution in [2.45, 2.75) is 26.9 Å². The van der Waals surface area contributed by atoms with Crippen molar-refractivity contribution in [1.29, 1.82) is 0 Å². The molecule has 19 heavy (non-hydrogen) atoms. The number of rotatable bonds is 4. The second-order valence-electron chi connectivity index (χ2n) is 5.03. The predicted octanol–water partition coefficient (Wildman–Crippen LogP) is 2.82. The van der Waals surface area contributed by atoms with Crippen LogP contribution in [0.25, 0.3) is 0 Å². The Labute approximate surface area is 120 Å². The van der Waals surface area contributed by atoms with Gasteiger partial charge >= 0.3 is 5.69 Å². The summed E-state index contributed by atoms with van der Waals surface area (Å²) in [5.74, 6) is 0.336. The molecule has 4 nitrogen and oxygen atoms in total. The highest BCUT2D eigenvalue weighted by atomic mass is 79.9. The zero-order valence-electron chi connectivity index (χ0n) is 11.0. The lowest BCUT2D eigenvalue weighted by Crippen LogP contribution is -2.26. The van der Waals surface area contributed by atoms with Crippen LogP contribution in [0.2, 0.25) is 0 Å². The van der Waals surface area contributed by atoms with E-state index < -0.39 is 0 Å². The number of aromatic hydroxyl groups is 1. The van der Waals surface area contributed by atoms with Crippen LogP contribution in [-0.4, -0.2) is 14.2 Å². The van der Waals surface area contributed by atoms with Crippen molar-refractivity contribution in [3.63, 3.8) is 0 Å². The lowest BCUT2D eigenvalue weighted by atomic mass is 10.2. The molecule has 0 radical (unpaired) electrons. The summed E-state index contributed by atoms with van der Waals surface area (Å²) in [5, 5.41) is 9.82. The average Bonchev–Trinajstić information content (AvgIpc) is 2.60. The summed E-state index contributed by atoms with van der Waals surface area (Å²) in [5.41, 5.74) is 0.848. The monoisotopic (exact) mass is 324 g/mol. The quantitative estimate of drug-likeness (QED) is 0.940. The van der Waals surface area contributed by atoms with E-state index in [9.17, 15) is 9.90 Å². The van der Waals surface area contributed by atoms with Gasteiger partial charge in [0.2, 0.25) is 5.88 Å². The summed E-state index contributed by atoms with van der Waals surface area (Å²) in [6.45, 7) is 5.01. The van der Waals surface area contributed by atoms with Crippen LogP contribution in [0.5, 0.6) is 5.88 Å². The first-order chi connectivity index (χ1) is 8.97. The van der Waals surface area contributed by atoms with E-state index in [4.69, 9.17) is 0 Å². The van der Waals surface area contributed by atoms with Gasteiger partial charge in [0, 0.05) is 11.0 Å². The smallest absolute Gasteiger partial charge is 0.331 e. The molecule has 0 fully saturated rings. The third kappa shape index (κ3) is 3.29. The van der Waals surface area contributed by atoms with Crippen LogP contribution in [0.1, 0.15) is 19.4 Å². The van der Waals surface area contributed by atoms with Gasteiger partial charge in [0.15, 0.2) is 0 Å². The summed E-state index contributed by atoms with van der Waals surface area (Å²) < 4.78 is 3.94. The molecule has 0 aliphatic heterocycles. The minimum atomic E-state index is -0.172. The number of benzene rings is 1. The fourth-order valence-corrected chi connectivity index (χ4v) is 2.22. The molecule has 2 aromatic rings. The minimum absolute atomic E-state index is 0.0239. The van der Waals surface area contributed by atoms with Gasteiger partial charge in [0.05, 0.1) is 12.7 Å². The molecular formula is C14H17BrN2O2. The third-order valence-electron chi connectivity index (χ3n) is 2.84. The highest BCUT2D eigenvalue weighted by Crippen LogP contribution is 2.13. The molecule has 0 aliphatic carbocycles. The van der Waals surface area contributed by atoms with E-state index in [1.807, 2.05) is 38.1 Å². The van der Waals surface area contributed by atoms with E-state index in [1.54, 1.807) is 0 Å². The fourth-order valence-electron chi connectivity index (χ4n) is 1.95. The Bertz CT molecular complexity index is 611. The Morgan fingerprint density at radius 2 is 1.89 bits per heavy atom. The Hall–Kier alpha value is -1.49. The van der Waals surface area contributed by atoms with Crippen LogP contribution in [0.3, 0.4) is 0 Å². The van der Waals surface area contributed by atoms with Gasteiger partial charge in [-0.25, -0.2) is 4.79 Å². The molecule has 5 heteroatoms. The van der Waals surface area contributed by atoms with Crippen LogP contribution in [0.4, 0.5) is 0 Å². The molecule has 1 N–H and O–H groups in total. The van der Waals surface area contributed by atoms with Crippen LogP contribution in [-0.2, 0) is 13.1 Å². The molecule has 1 aromatic carbocycles. The molecule has 0 spiro atoms. The van der Waals surface area contributed by atoms with Crippen molar-refractivity contribution < 1.29 is 5.11 Å². The summed E-state index contributed by atoms with van der Waals surface area (Å²) in [6, 6.07) is 7.78. The number of imidazole rings is 1. The molecule has 0 aliphatic rings. The van der Waals surface area contributed by atoms with Crippen molar-refractivity contribution in [3.8, 4) is 5.88 Å². The van der Waals surface area contributed by atoms with Crippen molar-refractivity contribution in [2.24, 2.45) is 5.92 Å². The zero-order valence-corrected chi connectivity index (χ0v) is 12.6. The van der Waals surface area contributed by atoms with Gasteiger partial charge in [-0.1, -0.05) is 41.9 Å². The van der Waals surface area contributed by atoms with Crippen molar-refractivity contribution in [1.82, 2.24) is 9.13 Å². The summed E-state index contributed by atoms with van der Waals surface area (Å²) in [4.78, 5) is 12.2. The lowest BCUT2D eigenvalue weighted by molar-refractivity contribution is 0.389. The van der Waals surface area contributed by atoms with E-state index in [-0.39, 0.29) is 11.6 Å². The van der Waals surface area contributed by atoms with Crippen LogP contribution < -0.4 is 5.69 Å². The molecule has 0 unspecified atom stereocenters. The SMILES string of the molecule is CC(C)Cn1c(O)cn(Cc2ccc(Br)cc2)c1=O. The first kappa shape index (κ1) is 13.9. The van der Waals surface area contributed by atoms with Gasteiger partial charge < -0.3 is 5.11 Å². The van der Waals surface area contributed by atoms with Crippen molar-refractivity contribution in [2.75, 3.05) is 0 Å². The Balaban J connectivity index is 2.26. The number of hydrogen-bond donors (Lipinski definition) is 1. The first-order valence-electron chi connectivity index (χ1n) is 6.20. The van der Waals surface area contributed by atoms with Crippen LogP contribution >= 0.6 is 15.9 Å². The van der Waals surface area contributed by atoms with Crippen LogP contribution in [0, 0.1) is 5.92 Å². The lowest BCUT2D eigenvalue weighted by Gasteiger charge is -2.05. The van der Waals surface area contributed by atoms with Gasteiger partial charge in [0.1, 0.15) is 0 Å². The average molecular weight is 325 g/mol. The zero-order chi connectivity index (χ0) is 14.0. The molecule has 2 rings (SSSR count). The maximum atomic E-state index is 12.2. The van der Waals surface area contributed by atoms with Gasteiger partial charge in [0.25, 0.3) is 0 Å². The Morgan fingerprint density at radius 3 is 2.47 bits per heavy atom. The largest absolute Gasteiger partial charge is 0.493 e. The van der Waals surface area contributed by atoms with Gasteiger partial charge in [-0.05, 0) is 23.6 Å². The first-order valence-corrected chi connectivity index (χ1v) is 7.00. The van der Waals surface area contributed by atoms with Crippen molar-refractivity contribution in [3.05, 3.63) is 51.0 Å². The van der Waals surface area contributed by atoms with E-state index in [2.05, 4.69) is 15.9 Å². The van der Waals surface area contributed by atoms with Gasteiger partial charge in [-0.2, -0.15) is 0 Å². The van der Waals surface area contributed by atoms with E-state index in [0.717, 1.165) is 10.0 Å². The molecule has 0 saturated carbocycles. The number of nitrogens with zero attached hydrogens (tertiary/aromatic N) is 2. The third-order valence-corrected chi connectivity index (χ3v) is 3.37. The normalized spacial score (nSPS) is 11.2. The molecular weight excluding hydrogens is 308 g/mol. The predicted molar refractivity (Wildman–Crippen MR) is 78.4 cm³/mol. The number of aromatic nitrogens is 2. The molecule has 0 atom stereocenters. The van der Waals surface area contributed by atoms with E-state index >= 15 is 0 Å². The highest BCUT2D eigenvalue weighted by Gasteiger charge is 2.11. The maximum absolute atomic E-state index is 12.2. The van der Waals surface area contributed by atoms with Gasteiger partial charge in [-0.3, -0.25) is 9.13 Å². The van der Waals surface area contributed by atoms with E-state index in [0.29, 0.717) is 19.0 Å². The molecule has 0 bridgehead atoms. The standard InChI is InChI=1S/C14H17BrN2O2/c1-10(2)7-17-13(18)9-16(14(17)19)8-11-3-5-12(15)6-4-11/h3-6,9-10,18H,7-8H2,1-2H3. The summed E-state index contributed by atoms with van der Waals surface area (Å²) in [7, 11) is 0. The van der Waals surface area contributed by atoms with Crippen molar-refractivity contribution >= 4 is 15.9 Å². The Morgan fingerprint density at radius 1 is 1.26 bits per heavy atom. The number of halogens is 1. The number of hydrogen-bond acceptors (Lipinski definition) is 2. The molecule has 1 heterocycles. The minimum Gasteiger partial charge on any atom is -0.493 e. The second-order valence-corrected chi connectivity index (χ2v) is 5.94. The summed E-state index contributed by atoms with van der Waals surface area (Å²) in [6.07, 6.45) is 1.49. The molecule has 0 amide bonds. The van der Waals surface area contributed by atoms with Crippen LogP contribution in [0.15, 0.2) is 39.7 Å².